The van der Waals surface area contributed by atoms with Gasteiger partial charge in [-0.3, -0.25) is 9.79 Å². The molecule has 0 radical (unpaired) electrons. The molecule has 6 heteroatoms. The van der Waals surface area contributed by atoms with Crippen LogP contribution in [0.3, 0.4) is 0 Å². The second kappa shape index (κ2) is 5.66. The van der Waals surface area contributed by atoms with Crippen molar-refractivity contribution in [2.75, 3.05) is 0 Å². The number of nitrogens with zero attached hydrogens (tertiary/aromatic N) is 1. The Balaban J connectivity index is 2.43. The summed E-state index contributed by atoms with van der Waals surface area (Å²) < 4.78 is 0. The molecule has 1 aromatic rings. The molecule has 1 unspecified atom stereocenters. The molecule has 3 N–H and O–H groups in total. The number of carbonyl (C=O) groups is 2. The minimum atomic E-state index is -1.42. The van der Waals surface area contributed by atoms with Gasteiger partial charge >= 0.3 is 11.9 Å². The highest BCUT2D eigenvalue weighted by Gasteiger charge is 2.25. The molecule has 0 bridgehead atoms. The fraction of sp³-hybridized carbons (Fsp3) is 0.214. The summed E-state index contributed by atoms with van der Waals surface area (Å²) in [5.41, 5.74) is 1.59. The summed E-state index contributed by atoms with van der Waals surface area (Å²) in [5, 5.41) is 27.7. The van der Waals surface area contributed by atoms with Crippen LogP contribution >= 0.6 is 0 Å². The summed E-state index contributed by atoms with van der Waals surface area (Å²) in [4.78, 5) is 25.7. The SMILES string of the molecule is O=C(O)C[C@H](N=C1c2ccccc2C=CC1O)C(=O)O. The van der Waals surface area contributed by atoms with E-state index in [-0.39, 0.29) is 5.71 Å². The van der Waals surface area contributed by atoms with Gasteiger partial charge in [0.1, 0.15) is 6.10 Å². The van der Waals surface area contributed by atoms with Gasteiger partial charge in [-0.25, -0.2) is 4.79 Å². The summed E-state index contributed by atoms with van der Waals surface area (Å²) >= 11 is 0. The fourth-order valence-electron chi connectivity index (χ4n) is 1.99. The molecule has 0 amide bonds. The van der Waals surface area contributed by atoms with E-state index in [2.05, 4.69) is 4.99 Å². The van der Waals surface area contributed by atoms with E-state index < -0.39 is 30.5 Å². The van der Waals surface area contributed by atoms with Crippen molar-refractivity contribution in [3.05, 3.63) is 41.5 Å². The molecule has 0 heterocycles. The summed E-state index contributed by atoms with van der Waals surface area (Å²) in [6.07, 6.45) is 1.53. The van der Waals surface area contributed by atoms with Crippen molar-refractivity contribution in [1.82, 2.24) is 0 Å². The van der Waals surface area contributed by atoms with Crippen LogP contribution in [0.4, 0.5) is 0 Å². The number of carboxylic acids is 2. The first-order chi connectivity index (χ1) is 9.49. The number of aliphatic carboxylic acids is 2. The van der Waals surface area contributed by atoms with Gasteiger partial charge < -0.3 is 15.3 Å². The number of aliphatic hydroxyl groups is 1. The second-order valence-corrected chi connectivity index (χ2v) is 4.36. The maximum Gasteiger partial charge on any atom is 0.329 e. The van der Waals surface area contributed by atoms with Gasteiger partial charge in [-0.05, 0) is 11.6 Å². The van der Waals surface area contributed by atoms with Gasteiger partial charge in [0.15, 0.2) is 6.04 Å². The Morgan fingerprint density at radius 3 is 2.60 bits per heavy atom. The molecule has 2 atom stereocenters. The highest BCUT2D eigenvalue weighted by molar-refractivity contribution is 6.10. The lowest BCUT2D eigenvalue weighted by Crippen LogP contribution is -2.29. The average molecular weight is 275 g/mol. The van der Waals surface area contributed by atoms with Crippen molar-refractivity contribution in [2.24, 2.45) is 4.99 Å². The third-order valence-corrected chi connectivity index (χ3v) is 2.92. The Labute approximate surface area is 114 Å². The normalized spacial score (nSPS) is 20.4. The predicted octanol–water partition coefficient (Wildman–Crippen LogP) is 0.791. The number of fused-ring (bicyclic) bond motifs is 1. The van der Waals surface area contributed by atoms with Gasteiger partial charge in [-0.2, -0.15) is 0 Å². The van der Waals surface area contributed by atoms with Crippen LogP contribution in [0, 0.1) is 0 Å². The van der Waals surface area contributed by atoms with E-state index in [9.17, 15) is 14.7 Å². The third-order valence-electron chi connectivity index (χ3n) is 2.92. The van der Waals surface area contributed by atoms with Crippen molar-refractivity contribution >= 4 is 23.7 Å². The molecule has 1 aliphatic rings. The number of benzene rings is 1. The van der Waals surface area contributed by atoms with Crippen molar-refractivity contribution in [3.8, 4) is 0 Å². The number of aliphatic hydroxyl groups excluding tert-OH is 1. The van der Waals surface area contributed by atoms with Crippen LogP contribution in [0.2, 0.25) is 0 Å². The lowest BCUT2D eigenvalue weighted by Gasteiger charge is -2.19. The average Bonchev–Trinajstić information content (AvgIpc) is 2.40. The van der Waals surface area contributed by atoms with Crippen molar-refractivity contribution in [3.63, 3.8) is 0 Å². The first-order valence-corrected chi connectivity index (χ1v) is 5.97. The Kier molecular flexibility index (Phi) is 3.95. The molecule has 104 valence electrons. The highest BCUT2D eigenvalue weighted by atomic mass is 16.4. The molecule has 0 aliphatic heterocycles. The maximum absolute atomic E-state index is 11.1. The molecule has 2 rings (SSSR count). The van der Waals surface area contributed by atoms with Crippen LogP contribution in [0.1, 0.15) is 17.5 Å². The predicted molar refractivity (Wildman–Crippen MR) is 71.7 cm³/mol. The van der Waals surface area contributed by atoms with Gasteiger partial charge in [-0.1, -0.05) is 30.3 Å². The molecule has 20 heavy (non-hydrogen) atoms. The van der Waals surface area contributed by atoms with E-state index in [1.54, 1.807) is 24.3 Å². The van der Waals surface area contributed by atoms with Crippen molar-refractivity contribution in [1.29, 1.82) is 0 Å². The number of hydrogen-bond acceptors (Lipinski definition) is 4. The van der Waals surface area contributed by atoms with Crippen molar-refractivity contribution < 1.29 is 24.9 Å². The number of rotatable bonds is 4. The lowest BCUT2D eigenvalue weighted by atomic mass is 9.93. The van der Waals surface area contributed by atoms with Gasteiger partial charge in [0.05, 0.1) is 12.1 Å². The quantitative estimate of drug-likeness (QED) is 0.753. The van der Waals surface area contributed by atoms with E-state index in [1.165, 1.54) is 6.08 Å². The summed E-state index contributed by atoms with van der Waals surface area (Å²) in [7, 11) is 0. The van der Waals surface area contributed by atoms with Gasteiger partial charge in [0, 0.05) is 5.56 Å². The Hall–Kier alpha value is -2.47. The minimum absolute atomic E-state index is 0.178. The van der Waals surface area contributed by atoms with Crippen LogP contribution < -0.4 is 0 Å². The summed E-state index contributed by atoms with van der Waals surface area (Å²) in [6, 6.07) is 5.65. The smallest absolute Gasteiger partial charge is 0.329 e. The Morgan fingerprint density at radius 1 is 1.25 bits per heavy atom. The molecule has 0 aromatic heterocycles. The Bertz CT molecular complexity index is 605. The number of carboxylic acid groups (broad SMARTS) is 2. The van der Waals surface area contributed by atoms with Crippen LogP contribution in [-0.4, -0.2) is 45.1 Å². The molecule has 1 aliphatic carbocycles. The molecule has 0 saturated heterocycles. The first-order valence-electron chi connectivity index (χ1n) is 5.97. The van der Waals surface area contributed by atoms with E-state index in [1.807, 2.05) is 6.07 Å². The molecule has 0 saturated carbocycles. The van der Waals surface area contributed by atoms with E-state index in [4.69, 9.17) is 10.2 Å². The summed E-state index contributed by atoms with van der Waals surface area (Å²) in [5.74, 6) is -2.59. The van der Waals surface area contributed by atoms with Gasteiger partial charge in [0.25, 0.3) is 0 Å². The van der Waals surface area contributed by atoms with E-state index in [0.717, 1.165) is 5.56 Å². The van der Waals surface area contributed by atoms with E-state index in [0.29, 0.717) is 5.56 Å². The largest absolute Gasteiger partial charge is 0.481 e. The van der Waals surface area contributed by atoms with Crippen LogP contribution in [0.5, 0.6) is 0 Å². The topological polar surface area (TPSA) is 107 Å². The lowest BCUT2D eigenvalue weighted by molar-refractivity contribution is -0.144. The van der Waals surface area contributed by atoms with E-state index >= 15 is 0 Å². The second-order valence-electron chi connectivity index (χ2n) is 4.36. The monoisotopic (exact) mass is 275 g/mol. The zero-order valence-corrected chi connectivity index (χ0v) is 10.4. The van der Waals surface area contributed by atoms with Crippen LogP contribution in [0.15, 0.2) is 35.3 Å². The number of aliphatic imine (C=N–C) groups is 1. The molecular weight excluding hydrogens is 262 g/mol. The Morgan fingerprint density at radius 2 is 1.95 bits per heavy atom. The molecule has 6 nitrogen and oxygen atoms in total. The zero-order chi connectivity index (χ0) is 14.7. The highest BCUT2D eigenvalue weighted by Crippen LogP contribution is 2.21. The van der Waals surface area contributed by atoms with Crippen LogP contribution in [0.25, 0.3) is 6.08 Å². The maximum atomic E-state index is 11.1. The number of hydrogen-bond donors (Lipinski definition) is 3. The third kappa shape index (κ3) is 2.92. The first kappa shape index (κ1) is 14.0. The fourth-order valence-corrected chi connectivity index (χ4v) is 1.99. The van der Waals surface area contributed by atoms with Gasteiger partial charge in [0.2, 0.25) is 0 Å². The van der Waals surface area contributed by atoms with Crippen molar-refractivity contribution in [2.45, 2.75) is 18.6 Å². The minimum Gasteiger partial charge on any atom is -0.481 e. The molecule has 0 fully saturated rings. The molecular formula is C14H13NO5. The standard InChI is InChI=1S/C14H13NO5/c16-11-6-5-8-3-1-2-4-9(8)13(11)15-10(14(19)20)7-12(17)18/h1-6,10-11,16H,7H2,(H,17,18)(H,19,20)/t10-,11?/m0/s1. The van der Waals surface area contributed by atoms with Crippen LogP contribution in [-0.2, 0) is 9.59 Å². The zero-order valence-electron chi connectivity index (χ0n) is 10.4. The van der Waals surface area contributed by atoms with Gasteiger partial charge in [-0.15, -0.1) is 0 Å². The molecule has 1 aromatic carbocycles. The summed E-state index contributed by atoms with van der Waals surface area (Å²) in [6.45, 7) is 0. The molecule has 0 spiro atoms.